The summed E-state index contributed by atoms with van der Waals surface area (Å²) in [5.41, 5.74) is 5.46. The average Bonchev–Trinajstić information content (AvgIpc) is 2.17. The Labute approximate surface area is 85.9 Å². The van der Waals surface area contributed by atoms with Gasteiger partial charge in [-0.3, -0.25) is 4.99 Å². The Morgan fingerprint density at radius 2 is 2.07 bits per heavy atom. The third-order valence-corrected chi connectivity index (χ3v) is 2.96. The molecule has 0 aliphatic heterocycles. The summed E-state index contributed by atoms with van der Waals surface area (Å²) >= 11 is 0. The van der Waals surface area contributed by atoms with E-state index in [1.807, 2.05) is 7.05 Å². The molecule has 0 aromatic heterocycles. The summed E-state index contributed by atoms with van der Waals surface area (Å²) in [6.07, 6.45) is 2.33. The van der Waals surface area contributed by atoms with Crippen LogP contribution in [0.15, 0.2) is 23.2 Å². The molecule has 1 aromatic carbocycles. The monoisotopic (exact) mass is 187 g/mol. The number of fused-ring (bicyclic) bond motifs is 1. The lowest BCUT2D eigenvalue weighted by Gasteiger charge is -2.23. The van der Waals surface area contributed by atoms with Crippen molar-refractivity contribution < 1.29 is 0 Å². The average molecular weight is 187 g/mol. The molecule has 1 aliphatic rings. The zero-order chi connectivity index (χ0) is 10.1. The molecule has 0 radical (unpaired) electrons. The molecule has 0 fully saturated rings. The van der Waals surface area contributed by atoms with Crippen LogP contribution in [0.2, 0.25) is 0 Å². The molecule has 1 aromatic rings. The maximum absolute atomic E-state index is 4.40. The standard InChI is InChI=1S/C13H17N/c1-9-4-5-11-6-10(2)8-13(14-3)12(11)7-9/h4-5,7,10H,6,8H2,1-3H3. The number of hydrogen-bond donors (Lipinski definition) is 0. The van der Waals surface area contributed by atoms with Crippen LogP contribution >= 0.6 is 0 Å². The summed E-state index contributed by atoms with van der Waals surface area (Å²) < 4.78 is 0. The van der Waals surface area contributed by atoms with Gasteiger partial charge in [-0.1, -0.05) is 24.6 Å². The van der Waals surface area contributed by atoms with Crippen molar-refractivity contribution in [2.45, 2.75) is 26.7 Å². The van der Waals surface area contributed by atoms with E-state index in [1.54, 1.807) is 0 Å². The minimum absolute atomic E-state index is 0.740. The number of aliphatic imine (C=N–C) groups is 1. The van der Waals surface area contributed by atoms with Crippen molar-refractivity contribution in [1.82, 2.24) is 0 Å². The molecule has 0 spiro atoms. The first-order chi connectivity index (χ1) is 6.70. The molecular weight excluding hydrogens is 170 g/mol. The fraction of sp³-hybridized carbons (Fsp3) is 0.462. The van der Waals surface area contributed by atoms with E-state index in [0.29, 0.717) is 0 Å². The van der Waals surface area contributed by atoms with Gasteiger partial charge in [0.1, 0.15) is 0 Å². The molecule has 1 unspecified atom stereocenters. The van der Waals surface area contributed by atoms with E-state index in [4.69, 9.17) is 0 Å². The van der Waals surface area contributed by atoms with E-state index >= 15 is 0 Å². The smallest absolute Gasteiger partial charge is 0.0422 e. The van der Waals surface area contributed by atoms with E-state index in [-0.39, 0.29) is 0 Å². The van der Waals surface area contributed by atoms with Crippen LogP contribution in [0.25, 0.3) is 0 Å². The van der Waals surface area contributed by atoms with Gasteiger partial charge in [-0.15, -0.1) is 0 Å². The van der Waals surface area contributed by atoms with Crippen molar-refractivity contribution >= 4 is 5.71 Å². The van der Waals surface area contributed by atoms with Gasteiger partial charge in [0, 0.05) is 12.8 Å². The fourth-order valence-electron chi connectivity index (χ4n) is 2.24. The van der Waals surface area contributed by atoms with E-state index < -0.39 is 0 Å². The quantitative estimate of drug-likeness (QED) is 0.592. The van der Waals surface area contributed by atoms with Crippen LogP contribution in [0.1, 0.15) is 30.0 Å². The second kappa shape index (κ2) is 3.56. The predicted molar refractivity (Wildman–Crippen MR) is 61.1 cm³/mol. The van der Waals surface area contributed by atoms with E-state index in [1.165, 1.54) is 28.8 Å². The summed E-state index contributed by atoms with van der Waals surface area (Å²) in [5, 5.41) is 0. The molecule has 1 nitrogen and oxygen atoms in total. The summed E-state index contributed by atoms with van der Waals surface area (Å²) in [7, 11) is 1.90. The van der Waals surface area contributed by atoms with Crippen LogP contribution in [0.5, 0.6) is 0 Å². The Morgan fingerprint density at radius 3 is 2.79 bits per heavy atom. The van der Waals surface area contributed by atoms with Gasteiger partial charge >= 0.3 is 0 Å². The van der Waals surface area contributed by atoms with Crippen LogP contribution < -0.4 is 0 Å². The Kier molecular flexibility index (Phi) is 2.40. The van der Waals surface area contributed by atoms with Crippen LogP contribution in [-0.2, 0) is 6.42 Å². The predicted octanol–water partition coefficient (Wildman–Crippen LogP) is 3.00. The molecule has 1 aliphatic carbocycles. The highest BCUT2D eigenvalue weighted by atomic mass is 14.7. The Bertz CT molecular complexity index is 377. The van der Waals surface area contributed by atoms with Crippen molar-refractivity contribution in [3.8, 4) is 0 Å². The van der Waals surface area contributed by atoms with E-state index in [2.05, 4.69) is 37.0 Å². The van der Waals surface area contributed by atoms with Crippen molar-refractivity contribution in [1.29, 1.82) is 0 Å². The zero-order valence-electron chi connectivity index (χ0n) is 9.17. The minimum Gasteiger partial charge on any atom is -0.292 e. The lowest BCUT2D eigenvalue weighted by Crippen LogP contribution is -2.18. The third kappa shape index (κ3) is 1.59. The molecule has 0 amide bonds. The highest BCUT2D eigenvalue weighted by molar-refractivity contribution is 6.03. The topological polar surface area (TPSA) is 12.4 Å². The Balaban J connectivity index is 2.52. The maximum Gasteiger partial charge on any atom is 0.0422 e. The largest absolute Gasteiger partial charge is 0.292 e. The zero-order valence-corrected chi connectivity index (χ0v) is 9.17. The maximum atomic E-state index is 4.40. The van der Waals surface area contributed by atoms with Gasteiger partial charge in [0.2, 0.25) is 0 Å². The molecule has 74 valence electrons. The van der Waals surface area contributed by atoms with Crippen molar-refractivity contribution in [2.75, 3.05) is 7.05 Å². The number of rotatable bonds is 0. The SMILES string of the molecule is CN=C1CC(C)Cc2ccc(C)cc21. The lowest BCUT2D eigenvalue weighted by atomic mass is 9.83. The van der Waals surface area contributed by atoms with Gasteiger partial charge in [0.05, 0.1) is 0 Å². The van der Waals surface area contributed by atoms with Crippen molar-refractivity contribution in [3.63, 3.8) is 0 Å². The first-order valence-corrected chi connectivity index (χ1v) is 5.26. The number of benzene rings is 1. The van der Waals surface area contributed by atoms with E-state index in [9.17, 15) is 0 Å². The van der Waals surface area contributed by atoms with Crippen LogP contribution in [-0.4, -0.2) is 12.8 Å². The molecule has 0 saturated heterocycles. The second-order valence-corrected chi connectivity index (χ2v) is 4.34. The molecule has 14 heavy (non-hydrogen) atoms. The summed E-state index contributed by atoms with van der Waals surface area (Å²) in [5.74, 6) is 0.740. The molecule has 0 N–H and O–H groups in total. The van der Waals surface area contributed by atoms with Crippen molar-refractivity contribution in [3.05, 3.63) is 34.9 Å². The second-order valence-electron chi connectivity index (χ2n) is 4.34. The van der Waals surface area contributed by atoms with Gasteiger partial charge in [0.15, 0.2) is 0 Å². The summed E-state index contributed by atoms with van der Waals surface area (Å²) in [4.78, 5) is 4.40. The first kappa shape index (κ1) is 9.45. The minimum atomic E-state index is 0.740. The van der Waals surface area contributed by atoms with Gasteiger partial charge in [0.25, 0.3) is 0 Å². The highest BCUT2D eigenvalue weighted by Crippen LogP contribution is 2.26. The summed E-state index contributed by atoms with van der Waals surface area (Å²) in [6.45, 7) is 4.44. The van der Waals surface area contributed by atoms with Gasteiger partial charge in [-0.2, -0.15) is 0 Å². The first-order valence-electron chi connectivity index (χ1n) is 5.26. The van der Waals surface area contributed by atoms with E-state index in [0.717, 1.165) is 12.3 Å². The van der Waals surface area contributed by atoms with Gasteiger partial charge in [-0.25, -0.2) is 0 Å². The van der Waals surface area contributed by atoms with Crippen LogP contribution in [0.4, 0.5) is 0 Å². The summed E-state index contributed by atoms with van der Waals surface area (Å²) in [6, 6.07) is 6.72. The molecule has 0 bridgehead atoms. The fourth-order valence-corrected chi connectivity index (χ4v) is 2.24. The van der Waals surface area contributed by atoms with Gasteiger partial charge in [-0.05, 0) is 42.9 Å². The number of hydrogen-bond acceptors (Lipinski definition) is 1. The normalized spacial score (nSPS) is 23.6. The van der Waals surface area contributed by atoms with Gasteiger partial charge < -0.3 is 0 Å². The molecule has 2 rings (SSSR count). The molecule has 1 atom stereocenters. The van der Waals surface area contributed by atoms with Crippen LogP contribution in [0, 0.1) is 12.8 Å². The third-order valence-electron chi connectivity index (χ3n) is 2.96. The lowest BCUT2D eigenvalue weighted by molar-refractivity contribution is 0.592. The molecular formula is C13H17N. The molecule has 1 heteroatoms. The Hall–Kier alpha value is -1.11. The molecule has 0 saturated carbocycles. The van der Waals surface area contributed by atoms with Crippen molar-refractivity contribution in [2.24, 2.45) is 10.9 Å². The number of nitrogens with zero attached hydrogens (tertiary/aromatic N) is 1. The Morgan fingerprint density at radius 1 is 1.29 bits per heavy atom. The van der Waals surface area contributed by atoms with Crippen LogP contribution in [0.3, 0.4) is 0 Å². The highest BCUT2D eigenvalue weighted by Gasteiger charge is 2.19. The number of aryl methyl sites for hydroxylation is 1. The molecule has 0 heterocycles.